The Kier molecular flexibility index (Phi) is 5.07. The number of pyridine rings is 1. The molecule has 4 rings (SSSR count). The quantitative estimate of drug-likeness (QED) is 0.719. The monoisotopic (exact) mass is 394 g/mol. The SMILES string of the molecule is COc1ccc(NC(=O)c2nc(C(=O)N3CCCC3)n3ccccc23)c(OC)c1. The Morgan fingerprint density at radius 1 is 1.07 bits per heavy atom. The van der Waals surface area contributed by atoms with E-state index >= 15 is 0 Å². The van der Waals surface area contributed by atoms with Crippen LogP contribution in [-0.4, -0.2) is 53.4 Å². The zero-order valence-electron chi connectivity index (χ0n) is 16.3. The molecule has 29 heavy (non-hydrogen) atoms. The van der Waals surface area contributed by atoms with E-state index in [0.717, 1.165) is 12.8 Å². The second-order valence-electron chi connectivity index (χ2n) is 6.76. The Morgan fingerprint density at radius 2 is 1.86 bits per heavy atom. The largest absolute Gasteiger partial charge is 0.497 e. The molecule has 3 aromatic rings. The molecule has 1 fully saturated rings. The smallest absolute Gasteiger partial charge is 0.290 e. The summed E-state index contributed by atoms with van der Waals surface area (Å²) in [5.74, 6) is 0.747. The molecule has 8 heteroatoms. The third kappa shape index (κ3) is 3.49. The molecule has 3 heterocycles. The maximum atomic E-state index is 13.0. The second kappa shape index (κ2) is 7.83. The fraction of sp³-hybridized carbons (Fsp3) is 0.286. The third-order valence-electron chi connectivity index (χ3n) is 5.00. The number of rotatable bonds is 5. The van der Waals surface area contributed by atoms with Gasteiger partial charge in [-0.15, -0.1) is 0 Å². The number of hydrogen-bond donors (Lipinski definition) is 1. The summed E-state index contributed by atoms with van der Waals surface area (Å²) in [5, 5.41) is 2.82. The van der Waals surface area contributed by atoms with Gasteiger partial charge in [0.1, 0.15) is 11.5 Å². The number of nitrogens with zero attached hydrogens (tertiary/aromatic N) is 3. The van der Waals surface area contributed by atoms with Gasteiger partial charge in [0.2, 0.25) is 5.82 Å². The van der Waals surface area contributed by atoms with E-state index in [4.69, 9.17) is 9.47 Å². The van der Waals surface area contributed by atoms with Gasteiger partial charge in [0.25, 0.3) is 11.8 Å². The molecule has 1 aromatic carbocycles. The van der Waals surface area contributed by atoms with Crippen molar-refractivity contribution in [3.05, 3.63) is 54.1 Å². The number of likely N-dealkylation sites (tertiary alicyclic amines) is 1. The van der Waals surface area contributed by atoms with Crippen LogP contribution in [-0.2, 0) is 0 Å². The van der Waals surface area contributed by atoms with Crippen LogP contribution in [0.5, 0.6) is 11.5 Å². The zero-order chi connectivity index (χ0) is 20.4. The van der Waals surface area contributed by atoms with Crippen LogP contribution in [0.1, 0.15) is 33.9 Å². The predicted molar refractivity (Wildman–Crippen MR) is 108 cm³/mol. The summed E-state index contributed by atoms with van der Waals surface area (Å²) in [4.78, 5) is 32.1. The number of fused-ring (bicyclic) bond motifs is 1. The number of carbonyl (C=O) groups excluding carboxylic acids is 2. The first-order chi connectivity index (χ1) is 14.1. The van der Waals surface area contributed by atoms with Crippen molar-refractivity contribution < 1.29 is 19.1 Å². The number of aromatic nitrogens is 2. The second-order valence-corrected chi connectivity index (χ2v) is 6.76. The summed E-state index contributed by atoms with van der Waals surface area (Å²) in [5.41, 5.74) is 1.24. The van der Waals surface area contributed by atoms with Crippen LogP contribution in [0.15, 0.2) is 42.6 Å². The molecule has 2 aromatic heterocycles. The van der Waals surface area contributed by atoms with Gasteiger partial charge in [0.05, 0.1) is 25.4 Å². The summed E-state index contributed by atoms with van der Waals surface area (Å²) in [6.07, 6.45) is 3.72. The van der Waals surface area contributed by atoms with Crippen molar-refractivity contribution >= 4 is 23.0 Å². The molecule has 0 atom stereocenters. The lowest BCUT2D eigenvalue weighted by atomic mass is 10.2. The number of hydrogen-bond acceptors (Lipinski definition) is 5. The van der Waals surface area contributed by atoms with Crippen molar-refractivity contribution in [2.45, 2.75) is 12.8 Å². The normalized spacial score (nSPS) is 13.5. The van der Waals surface area contributed by atoms with Crippen molar-refractivity contribution in [2.24, 2.45) is 0 Å². The van der Waals surface area contributed by atoms with Crippen LogP contribution in [0.25, 0.3) is 5.52 Å². The van der Waals surface area contributed by atoms with Crippen molar-refractivity contribution in [1.29, 1.82) is 0 Å². The summed E-state index contributed by atoms with van der Waals surface area (Å²) >= 11 is 0. The summed E-state index contributed by atoms with van der Waals surface area (Å²) in [7, 11) is 3.08. The average molecular weight is 394 g/mol. The van der Waals surface area contributed by atoms with Crippen LogP contribution in [0, 0.1) is 0 Å². The highest BCUT2D eigenvalue weighted by Crippen LogP contribution is 2.29. The summed E-state index contributed by atoms with van der Waals surface area (Å²) in [6.45, 7) is 1.43. The van der Waals surface area contributed by atoms with Gasteiger partial charge in [0.15, 0.2) is 5.69 Å². The van der Waals surface area contributed by atoms with Gasteiger partial charge in [-0.1, -0.05) is 6.07 Å². The molecule has 1 saturated heterocycles. The number of ether oxygens (including phenoxy) is 2. The number of benzene rings is 1. The highest BCUT2D eigenvalue weighted by Gasteiger charge is 2.27. The highest BCUT2D eigenvalue weighted by molar-refractivity contribution is 6.09. The van der Waals surface area contributed by atoms with E-state index in [1.807, 2.05) is 12.1 Å². The fourth-order valence-corrected chi connectivity index (χ4v) is 3.50. The molecule has 0 saturated carbocycles. The van der Waals surface area contributed by atoms with Crippen LogP contribution in [0.4, 0.5) is 5.69 Å². The fourth-order valence-electron chi connectivity index (χ4n) is 3.50. The molecule has 0 spiro atoms. The Morgan fingerprint density at radius 3 is 2.59 bits per heavy atom. The minimum atomic E-state index is -0.419. The summed E-state index contributed by atoms with van der Waals surface area (Å²) < 4.78 is 12.2. The first-order valence-electron chi connectivity index (χ1n) is 9.42. The number of amides is 2. The zero-order valence-corrected chi connectivity index (χ0v) is 16.3. The van der Waals surface area contributed by atoms with Crippen LogP contribution in [0.2, 0.25) is 0 Å². The highest BCUT2D eigenvalue weighted by atomic mass is 16.5. The lowest BCUT2D eigenvalue weighted by molar-refractivity contribution is 0.0780. The van der Waals surface area contributed by atoms with Gasteiger partial charge >= 0.3 is 0 Å². The van der Waals surface area contributed by atoms with E-state index in [1.165, 1.54) is 7.11 Å². The molecule has 1 N–H and O–H groups in total. The van der Waals surface area contributed by atoms with E-state index in [2.05, 4.69) is 10.3 Å². The molecular formula is C21H22N4O4. The maximum absolute atomic E-state index is 13.0. The minimum absolute atomic E-state index is 0.162. The van der Waals surface area contributed by atoms with E-state index in [-0.39, 0.29) is 17.4 Å². The number of methoxy groups -OCH3 is 2. The van der Waals surface area contributed by atoms with Crippen LogP contribution in [0.3, 0.4) is 0 Å². The van der Waals surface area contributed by atoms with E-state index in [0.29, 0.717) is 35.8 Å². The molecule has 150 valence electrons. The Balaban J connectivity index is 1.69. The molecule has 0 bridgehead atoms. The van der Waals surface area contributed by atoms with Crippen LogP contribution < -0.4 is 14.8 Å². The molecule has 0 radical (unpaired) electrons. The molecule has 8 nitrogen and oxygen atoms in total. The lowest BCUT2D eigenvalue weighted by Crippen LogP contribution is -2.29. The molecule has 1 aliphatic heterocycles. The maximum Gasteiger partial charge on any atom is 0.290 e. The molecular weight excluding hydrogens is 372 g/mol. The van der Waals surface area contributed by atoms with Gasteiger partial charge in [-0.2, -0.15) is 0 Å². The molecule has 0 unspecified atom stereocenters. The van der Waals surface area contributed by atoms with Gasteiger partial charge in [-0.25, -0.2) is 4.98 Å². The average Bonchev–Trinajstić information content (AvgIpc) is 3.42. The van der Waals surface area contributed by atoms with Gasteiger partial charge < -0.3 is 19.7 Å². The van der Waals surface area contributed by atoms with Crippen molar-refractivity contribution in [1.82, 2.24) is 14.3 Å². The van der Waals surface area contributed by atoms with E-state index < -0.39 is 5.91 Å². The first kappa shape index (κ1) is 18.8. The standard InChI is InChI=1S/C21H22N4O4/c1-28-14-8-9-15(17(13-14)29-2)22-20(26)18-16-7-3-4-12-25(16)19(23-18)21(27)24-10-5-6-11-24/h3-4,7-9,12-13H,5-6,10-11H2,1-2H3,(H,22,26). The van der Waals surface area contributed by atoms with Gasteiger partial charge in [-0.3, -0.25) is 14.0 Å². The predicted octanol–water partition coefficient (Wildman–Crippen LogP) is 2.84. The van der Waals surface area contributed by atoms with Crippen molar-refractivity contribution in [3.63, 3.8) is 0 Å². The van der Waals surface area contributed by atoms with Crippen LogP contribution >= 0.6 is 0 Å². The first-order valence-corrected chi connectivity index (χ1v) is 9.42. The third-order valence-corrected chi connectivity index (χ3v) is 5.00. The topological polar surface area (TPSA) is 85.2 Å². The molecule has 2 amide bonds. The van der Waals surface area contributed by atoms with Gasteiger partial charge in [-0.05, 0) is 37.1 Å². The summed E-state index contributed by atoms with van der Waals surface area (Å²) in [6, 6.07) is 10.5. The van der Waals surface area contributed by atoms with Gasteiger partial charge in [0, 0.05) is 25.4 Å². The van der Waals surface area contributed by atoms with E-state index in [9.17, 15) is 9.59 Å². The molecule has 1 aliphatic rings. The Bertz CT molecular complexity index is 1070. The number of nitrogens with one attached hydrogen (secondary N) is 1. The van der Waals surface area contributed by atoms with E-state index in [1.54, 1.807) is 46.9 Å². The lowest BCUT2D eigenvalue weighted by Gasteiger charge is -2.13. The Labute approximate surface area is 168 Å². The number of carbonyl (C=O) groups is 2. The Hall–Kier alpha value is -3.55. The molecule has 0 aliphatic carbocycles. The number of anilines is 1. The van der Waals surface area contributed by atoms with Crippen molar-refractivity contribution in [3.8, 4) is 11.5 Å². The van der Waals surface area contributed by atoms with Crippen molar-refractivity contribution in [2.75, 3.05) is 32.6 Å². The minimum Gasteiger partial charge on any atom is -0.497 e. The number of imidazole rings is 1.